The van der Waals surface area contributed by atoms with Crippen molar-refractivity contribution in [2.45, 2.75) is 11.2 Å². The number of carbonyl (C=O) groups excluding carboxylic acids is 1. The third-order valence-electron chi connectivity index (χ3n) is 4.10. The Morgan fingerprint density at radius 2 is 1.94 bits per heavy atom. The Hall–Kier alpha value is -3.18. The highest BCUT2D eigenvalue weighted by atomic mass is 35.5. The zero-order valence-corrected chi connectivity index (χ0v) is 17.0. The number of nitrogens with one attached hydrogen (secondary N) is 1. The molecule has 0 saturated heterocycles. The van der Waals surface area contributed by atoms with Gasteiger partial charge in [0.1, 0.15) is 11.4 Å². The monoisotopic (exact) mass is 464 g/mol. The molecule has 0 saturated carbocycles. The lowest BCUT2D eigenvalue weighted by Gasteiger charge is -2.13. The number of para-hydroxylation sites is 1. The van der Waals surface area contributed by atoms with Gasteiger partial charge in [-0.25, -0.2) is 9.97 Å². The van der Waals surface area contributed by atoms with Crippen molar-refractivity contribution in [1.82, 2.24) is 25.0 Å². The minimum absolute atomic E-state index is 0.178. The molecule has 0 unspecified atom stereocenters. The molecule has 0 aliphatic rings. The molecule has 12 heteroatoms. The van der Waals surface area contributed by atoms with Crippen LogP contribution in [0.2, 0.25) is 5.02 Å². The first-order valence-corrected chi connectivity index (χ1v) is 10.1. The van der Waals surface area contributed by atoms with Crippen molar-refractivity contribution in [3.05, 3.63) is 65.4 Å². The molecule has 2 heterocycles. The summed E-state index contributed by atoms with van der Waals surface area (Å²) in [6.07, 6.45) is -3.28. The fourth-order valence-corrected chi connectivity index (χ4v) is 3.69. The van der Waals surface area contributed by atoms with Gasteiger partial charge in [-0.05, 0) is 30.3 Å². The van der Waals surface area contributed by atoms with Crippen molar-refractivity contribution < 1.29 is 18.0 Å². The lowest BCUT2D eigenvalue weighted by Crippen LogP contribution is -2.18. The van der Waals surface area contributed by atoms with Gasteiger partial charge in [0.2, 0.25) is 5.91 Å². The van der Waals surface area contributed by atoms with Crippen molar-refractivity contribution in [2.24, 2.45) is 0 Å². The van der Waals surface area contributed by atoms with Gasteiger partial charge in [0, 0.05) is 5.02 Å². The molecular formula is C19H12ClF3N6OS. The minimum Gasteiger partial charge on any atom is -0.325 e. The molecule has 31 heavy (non-hydrogen) atoms. The van der Waals surface area contributed by atoms with E-state index in [0.29, 0.717) is 26.9 Å². The number of aromatic nitrogens is 5. The Kier molecular flexibility index (Phi) is 5.79. The number of rotatable bonds is 5. The van der Waals surface area contributed by atoms with Crippen molar-refractivity contribution in [2.75, 3.05) is 11.1 Å². The molecule has 0 spiro atoms. The fourth-order valence-electron chi connectivity index (χ4n) is 2.78. The zero-order chi connectivity index (χ0) is 22.0. The molecule has 4 aromatic rings. The number of anilines is 1. The van der Waals surface area contributed by atoms with Gasteiger partial charge in [-0.2, -0.15) is 17.9 Å². The van der Waals surface area contributed by atoms with Gasteiger partial charge in [-0.1, -0.05) is 46.8 Å². The molecule has 0 atom stereocenters. The second kappa shape index (κ2) is 8.52. The average Bonchev–Trinajstić information content (AvgIpc) is 3.17. The second-order valence-electron chi connectivity index (χ2n) is 6.21. The summed E-state index contributed by atoms with van der Waals surface area (Å²) in [5.74, 6) is -0.793. The van der Waals surface area contributed by atoms with Crippen LogP contribution < -0.4 is 5.32 Å². The predicted molar refractivity (Wildman–Crippen MR) is 110 cm³/mol. The highest BCUT2D eigenvalue weighted by molar-refractivity contribution is 8.00. The summed E-state index contributed by atoms with van der Waals surface area (Å²) >= 11 is 7.04. The second-order valence-corrected chi connectivity index (χ2v) is 7.61. The van der Waals surface area contributed by atoms with Gasteiger partial charge in [0.05, 0.1) is 22.7 Å². The van der Waals surface area contributed by atoms with Crippen LogP contribution >= 0.6 is 23.4 Å². The van der Waals surface area contributed by atoms with Crippen molar-refractivity contribution in [1.29, 1.82) is 0 Å². The maximum absolute atomic E-state index is 13.1. The summed E-state index contributed by atoms with van der Waals surface area (Å²) in [6.45, 7) is 0. The van der Waals surface area contributed by atoms with Crippen LogP contribution in [0.3, 0.4) is 0 Å². The molecule has 1 N–H and O–H groups in total. The average molecular weight is 465 g/mol. The summed E-state index contributed by atoms with van der Waals surface area (Å²) in [4.78, 5) is 20.6. The number of thioether (sulfide) groups is 1. The van der Waals surface area contributed by atoms with Crippen LogP contribution in [0.15, 0.2) is 59.9 Å². The third kappa shape index (κ3) is 4.62. The smallest absolute Gasteiger partial charge is 0.325 e. The van der Waals surface area contributed by atoms with Gasteiger partial charge in [0.15, 0.2) is 11.2 Å². The van der Waals surface area contributed by atoms with Gasteiger partial charge < -0.3 is 5.32 Å². The molecule has 0 aliphatic heterocycles. The molecule has 158 valence electrons. The van der Waals surface area contributed by atoms with Crippen LogP contribution in [0.4, 0.5) is 18.9 Å². The first-order valence-electron chi connectivity index (χ1n) is 8.74. The number of alkyl halides is 3. The van der Waals surface area contributed by atoms with Crippen molar-refractivity contribution in [3.63, 3.8) is 0 Å². The molecule has 0 radical (unpaired) electrons. The summed E-state index contributed by atoms with van der Waals surface area (Å²) in [6, 6.07) is 11.7. The van der Waals surface area contributed by atoms with E-state index in [1.165, 1.54) is 29.2 Å². The highest BCUT2D eigenvalue weighted by Gasteiger charge is 2.33. The van der Waals surface area contributed by atoms with E-state index in [0.717, 1.165) is 17.8 Å². The SMILES string of the molecule is O=C(CSc1ncnc2c1nnn2-c1cccc(Cl)c1)Nc1ccccc1C(F)(F)F. The van der Waals surface area contributed by atoms with E-state index in [1.54, 1.807) is 24.3 Å². The molecule has 0 aliphatic carbocycles. The summed E-state index contributed by atoms with van der Waals surface area (Å²) < 4.78 is 40.8. The summed E-state index contributed by atoms with van der Waals surface area (Å²) in [7, 11) is 0. The number of hydrogen-bond donors (Lipinski definition) is 1. The normalized spacial score (nSPS) is 11.6. The molecule has 4 rings (SSSR count). The lowest BCUT2D eigenvalue weighted by molar-refractivity contribution is -0.137. The Labute approximate surface area is 182 Å². The summed E-state index contributed by atoms with van der Waals surface area (Å²) in [5.41, 5.74) is 0.187. The Bertz CT molecular complexity index is 1260. The van der Waals surface area contributed by atoms with E-state index in [1.807, 2.05) is 0 Å². The van der Waals surface area contributed by atoms with Crippen LogP contribution in [0, 0.1) is 0 Å². The number of amides is 1. The molecule has 0 fully saturated rings. The molecule has 2 aromatic heterocycles. The fraction of sp³-hybridized carbons (Fsp3) is 0.105. The first-order chi connectivity index (χ1) is 14.8. The topological polar surface area (TPSA) is 85.6 Å². The molecule has 0 bridgehead atoms. The van der Waals surface area contributed by atoms with E-state index in [9.17, 15) is 18.0 Å². The van der Waals surface area contributed by atoms with Crippen molar-refractivity contribution >= 4 is 46.1 Å². The highest BCUT2D eigenvalue weighted by Crippen LogP contribution is 2.34. The molecular weight excluding hydrogens is 453 g/mol. The molecule has 1 amide bonds. The maximum Gasteiger partial charge on any atom is 0.418 e. The van der Waals surface area contributed by atoms with Gasteiger partial charge in [-0.15, -0.1) is 5.10 Å². The van der Waals surface area contributed by atoms with Gasteiger partial charge >= 0.3 is 6.18 Å². The van der Waals surface area contributed by atoms with Crippen LogP contribution in [0.1, 0.15) is 5.56 Å². The van der Waals surface area contributed by atoms with E-state index in [-0.39, 0.29) is 11.4 Å². The standard InChI is InChI=1S/C19H12ClF3N6OS/c20-11-4-3-5-12(8-11)29-17-16(27-28-29)18(25-10-24-17)31-9-15(30)26-14-7-2-1-6-13(14)19(21,22)23/h1-8,10H,9H2,(H,26,30). The summed E-state index contributed by atoms with van der Waals surface area (Å²) in [5, 5.41) is 11.3. The quantitative estimate of drug-likeness (QED) is 0.343. The number of nitrogens with zero attached hydrogens (tertiary/aromatic N) is 5. The Morgan fingerprint density at radius 1 is 1.13 bits per heavy atom. The largest absolute Gasteiger partial charge is 0.418 e. The number of fused-ring (bicyclic) bond motifs is 1. The number of benzene rings is 2. The van der Waals surface area contributed by atoms with Gasteiger partial charge in [0.25, 0.3) is 0 Å². The van der Waals surface area contributed by atoms with Crippen LogP contribution in [0.5, 0.6) is 0 Å². The minimum atomic E-state index is -4.57. The van der Waals surface area contributed by atoms with E-state index in [2.05, 4.69) is 25.6 Å². The first kappa shape index (κ1) is 21.1. The predicted octanol–water partition coefficient (Wildman–Crippen LogP) is 4.61. The van der Waals surface area contributed by atoms with E-state index >= 15 is 0 Å². The zero-order valence-electron chi connectivity index (χ0n) is 15.5. The van der Waals surface area contributed by atoms with E-state index < -0.39 is 17.6 Å². The van der Waals surface area contributed by atoms with Crippen LogP contribution in [0.25, 0.3) is 16.9 Å². The van der Waals surface area contributed by atoms with Crippen LogP contribution in [-0.4, -0.2) is 36.6 Å². The Balaban J connectivity index is 1.52. The molecule has 7 nitrogen and oxygen atoms in total. The van der Waals surface area contributed by atoms with Gasteiger partial charge in [-0.3, -0.25) is 4.79 Å². The molecule has 2 aromatic carbocycles. The Morgan fingerprint density at radius 3 is 2.71 bits per heavy atom. The number of halogens is 4. The maximum atomic E-state index is 13.1. The number of carbonyl (C=O) groups is 1. The number of hydrogen-bond acceptors (Lipinski definition) is 6. The third-order valence-corrected chi connectivity index (χ3v) is 5.32. The van der Waals surface area contributed by atoms with Crippen molar-refractivity contribution in [3.8, 4) is 5.69 Å². The lowest BCUT2D eigenvalue weighted by atomic mass is 10.1. The van der Waals surface area contributed by atoms with E-state index in [4.69, 9.17) is 11.6 Å². The van der Waals surface area contributed by atoms with Crippen LogP contribution in [-0.2, 0) is 11.0 Å².